The molecule has 1 fully saturated rings. The largest absolute Gasteiger partial charge is 0.497 e. The Hall–Kier alpha value is -3.09. The maximum absolute atomic E-state index is 13.7. The minimum atomic E-state index is -0.272. The molecular formula is C25H32FN3O3. The van der Waals surface area contributed by atoms with E-state index in [-0.39, 0.29) is 29.7 Å². The number of ether oxygens (including phenoxy) is 1. The average Bonchev–Trinajstić information content (AvgIpc) is 2.81. The van der Waals surface area contributed by atoms with Crippen molar-refractivity contribution < 1.29 is 18.7 Å². The molecule has 1 heterocycles. The molecule has 2 unspecified atom stereocenters. The number of rotatable bonds is 7. The van der Waals surface area contributed by atoms with E-state index >= 15 is 0 Å². The monoisotopic (exact) mass is 441 g/mol. The summed E-state index contributed by atoms with van der Waals surface area (Å²) in [5.41, 5.74) is 2.57. The van der Waals surface area contributed by atoms with Gasteiger partial charge in [0, 0.05) is 19.6 Å². The fraction of sp³-hybridized carbons (Fsp3) is 0.440. The van der Waals surface area contributed by atoms with Crippen LogP contribution in [0.5, 0.6) is 5.75 Å². The lowest BCUT2D eigenvalue weighted by atomic mass is 9.88. The van der Waals surface area contributed by atoms with Gasteiger partial charge in [0.25, 0.3) is 0 Å². The summed E-state index contributed by atoms with van der Waals surface area (Å²) in [6.07, 6.45) is 2.05. The zero-order valence-corrected chi connectivity index (χ0v) is 19.0. The van der Waals surface area contributed by atoms with Crippen LogP contribution in [0.25, 0.3) is 0 Å². The zero-order chi connectivity index (χ0) is 23.1. The summed E-state index contributed by atoms with van der Waals surface area (Å²) >= 11 is 0. The number of methoxy groups -OCH3 is 1. The first-order valence-electron chi connectivity index (χ1n) is 11.1. The highest BCUT2D eigenvalue weighted by molar-refractivity contribution is 5.81. The van der Waals surface area contributed by atoms with Crippen molar-refractivity contribution in [3.05, 3.63) is 65.0 Å². The van der Waals surface area contributed by atoms with Crippen molar-refractivity contribution in [3.63, 3.8) is 0 Å². The van der Waals surface area contributed by atoms with Crippen LogP contribution in [0.1, 0.15) is 42.5 Å². The molecule has 0 aromatic heterocycles. The SMILES string of the molecule is CCNC(=O)N1CC(C(=O)NCCc2ccc(OC)cc2)CCC1c1ccc(F)c(C)c1. The first-order valence-corrected chi connectivity index (χ1v) is 11.1. The standard InChI is InChI=1S/C25H32FN3O3/c1-4-27-25(31)29-16-20(8-12-23(29)19-7-11-22(26)17(2)15-19)24(30)28-14-13-18-5-9-21(32-3)10-6-18/h5-7,9-11,15,20,23H,4,8,12-14,16H2,1-3H3,(H,27,31)(H,28,30). The Bertz CT molecular complexity index is 933. The summed E-state index contributed by atoms with van der Waals surface area (Å²) in [4.78, 5) is 27.3. The van der Waals surface area contributed by atoms with Gasteiger partial charge in [0.15, 0.2) is 0 Å². The molecule has 3 amide bonds. The van der Waals surface area contributed by atoms with Gasteiger partial charge in [0.05, 0.1) is 19.1 Å². The molecule has 32 heavy (non-hydrogen) atoms. The zero-order valence-electron chi connectivity index (χ0n) is 19.0. The molecule has 7 heteroatoms. The van der Waals surface area contributed by atoms with Crippen molar-refractivity contribution in [1.29, 1.82) is 0 Å². The van der Waals surface area contributed by atoms with Crippen molar-refractivity contribution >= 4 is 11.9 Å². The highest BCUT2D eigenvalue weighted by atomic mass is 19.1. The van der Waals surface area contributed by atoms with Gasteiger partial charge in [-0.1, -0.05) is 24.3 Å². The van der Waals surface area contributed by atoms with Crippen LogP contribution in [-0.2, 0) is 11.2 Å². The second-order valence-corrected chi connectivity index (χ2v) is 8.18. The third kappa shape index (κ3) is 5.78. The lowest BCUT2D eigenvalue weighted by Crippen LogP contribution is -2.50. The number of likely N-dealkylation sites (tertiary alicyclic amines) is 1. The van der Waals surface area contributed by atoms with Gasteiger partial charge in [-0.25, -0.2) is 9.18 Å². The van der Waals surface area contributed by atoms with Crippen molar-refractivity contribution in [2.24, 2.45) is 5.92 Å². The van der Waals surface area contributed by atoms with E-state index in [1.807, 2.05) is 31.2 Å². The molecule has 6 nitrogen and oxygen atoms in total. The molecule has 1 aliphatic rings. The van der Waals surface area contributed by atoms with Gasteiger partial charge in [-0.05, 0) is 68.0 Å². The molecule has 2 aromatic carbocycles. The quantitative estimate of drug-likeness (QED) is 0.683. The van der Waals surface area contributed by atoms with Crippen LogP contribution >= 0.6 is 0 Å². The molecule has 2 N–H and O–H groups in total. The van der Waals surface area contributed by atoms with Crippen LogP contribution in [0.2, 0.25) is 0 Å². The Morgan fingerprint density at radius 1 is 1.12 bits per heavy atom. The van der Waals surface area contributed by atoms with Gasteiger partial charge in [-0.2, -0.15) is 0 Å². The maximum Gasteiger partial charge on any atom is 0.317 e. The molecule has 172 valence electrons. The predicted octanol–water partition coefficient (Wildman–Crippen LogP) is 3.98. The number of halogens is 1. The number of carbonyl (C=O) groups excluding carboxylic acids is 2. The Morgan fingerprint density at radius 3 is 2.53 bits per heavy atom. The van der Waals surface area contributed by atoms with E-state index < -0.39 is 0 Å². The van der Waals surface area contributed by atoms with E-state index in [0.717, 1.165) is 23.3 Å². The van der Waals surface area contributed by atoms with Gasteiger partial charge in [-0.15, -0.1) is 0 Å². The smallest absolute Gasteiger partial charge is 0.317 e. The first-order chi connectivity index (χ1) is 15.4. The molecule has 0 radical (unpaired) electrons. The van der Waals surface area contributed by atoms with Gasteiger partial charge < -0.3 is 20.3 Å². The number of aryl methyl sites for hydroxylation is 1. The molecule has 1 saturated heterocycles. The van der Waals surface area contributed by atoms with Crippen LogP contribution in [0, 0.1) is 18.7 Å². The van der Waals surface area contributed by atoms with E-state index in [2.05, 4.69) is 10.6 Å². The molecule has 0 aliphatic carbocycles. The fourth-order valence-corrected chi connectivity index (χ4v) is 4.15. The Balaban J connectivity index is 1.62. The average molecular weight is 442 g/mol. The number of hydrogen-bond acceptors (Lipinski definition) is 3. The highest BCUT2D eigenvalue weighted by Gasteiger charge is 2.35. The van der Waals surface area contributed by atoms with Gasteiger partial charge in [0.1, 0.15) is 11.6 Å². The third-order valence-corrected chi connectivity index (χ3v) is 5.98. The summed E-state index contributed by atoms with van der Waals surface area (Å²) in [5, 5.41) is 5.86. The Kier molecular flexibility index (Phi) is 8.09. The minimum Gasteiger partial charge on any atom is -0.497 e. The molecule has 2 aromatic rings. The van der Waals surface area contributed by atoms with E-state index in [4.69, 9.17) is 4.74 Å². The Labute approximate surface area is 189 Å². The maximum atomic E-state index is 13.7. The topological polar surface area (TPSA) is 70.7 Å². The first kappa shape index (κ1) is 23.6. The van der Waals surface area contributed by atoms with Crippen LogP contribution in [0.4, 0.5) is 9.18 Å². The van der Waals surface area contributed by atoms with Crippen LogP contribution < -0.4 is 15.4 Å². The van der Waals surface area contributed by atoms with Gasteiger partial charge in [-0.3, -0.25) is 4.79 Å². The Morgan fingerprint density at radius 2 is 1.88 bits per heavy atom. The third-order valence-electron chi connectivity index (χ3n) is 5.98. The second kappa shape index (κ2) is 11.0. The molecule has 1 aliphatic heterocycles. The highest BCUT2D eigenvalue weighted by Crippen LogP contribution is 2.34. The summed E-state index contributed by atoms with van der Waals surface area (Å²) in [6.45, 7) is 4.95. The van der Waals surface area contributed by atoms with Crippen molar-refractivity contribution in [2.45, 2.75) is 39.2 Å². The van der Waals surface area contributed by atoms with Crippen molar-refractivity contribution in [2.75, 3.05) is 26.7 Å². The van der Waals surface area contributed by atoms with Gasteiger partial charge in [0.2, 0.25) is 5.91 Å². The lowest BCUT2D eigenvalue weighted by molar-refractivity contribution is -0.126. The summed E-state index contributed by atoms with van der Waals surface area (Å²) in [5.74, 6) is 0.229. The van der Waals surface area contributed by atoms with Crippen LogP contribution in [0.3, 0.4) is 0 Å². The number of nitrogens with one attached hydrogen (secondary N) is 2. The normalized spacial score (nSPS) is 18.2. The van der Waals surface area contributed by atoms with Crippen molar-refractivity contribution in [1.82, 2.24) is 15.5 Å². The number of benzene rings is 2. The van der Waals surface area contributed by atoms with E-state index in [0.29, 0.717) is 38.0 Å². The second-order valence-electron chi connectivity index (χ2n) is 8.18. The molecule has 3 rings (SSSR count). The number of nitrogens with zero attached hydrogens (tertiary/aromatic N) is 1. The predicted molar refractivity (Wildman–Crippen MR) is 122 cm³/mol. The van der Waals surface area contributed by atoms with E-state index in [1.54, 1.807) is 31.1 Å². The lowest BCUT2D eigenvalue weighted by Gasteiger charge is -2.39. The summed E-state index contributed by atoms with van der Waals surface area (Å²) in [6, 6.07) is 12.4. The molecular weight excluding hydrogens is 409 g/mol. The van der Waals surface area contributed by atoms with Crippen molar-refractivity contribution in [3.8, 4) is 5.75 Å². The number of hydrogen-bond donors (Lipinski definition) is 2. The molecule has 2 atom stereocenters. The number of piperidine rings is 1. The number of urea groups is 1. The fourth-order valence-electron chi connectivity index (χ4n) is 4.15. The van der Waals surface area contributed by atoms with E-state index in [1.165, 1.54) is 6.07 Å². The molecule has 0 saturated carbocycles. The van der Waals surface area contributed by atoms with Gasteiger partial charge >= 0.3 is 6.03 Å². The molecule has 0 bridgehead atoms. The summed E-state index contributed by atoms with van der Waals surface area (Å²) < 4.78 is 18.9. The van der Waals surface area contributed by atoms with Crippen LogP contribution in [-0.4, -0.2) is 43.6 Å². The number of amides is 3. The minimum absolute atomic E-state index is 0.0402. The molecule has 0 spiro atoms. The van der Waals surface area contributed by atoms with Crippen LogP contribution in [0.15, 0.2) is 42.5 Å². The number of carbonyl (C=O) groups is 2. The summed E-state index contributed by atoms with van der Waals surface area (Å²) in [7, 11) is 1.63. The van der Waals surface area contributed by atoms with E-state index in [9.17, 15) is 14.0 Å².